The van der Waals surface area contributed by atoms with Gasteiger partial charge in [-0.05, 0) is 30.4 Å². The van der Waals surface area contributed by atoms with E-state index in [9.17, 15) is 0 Å². The Kier molecular flexibility index (Phi) is 2.32. The van der Waals surface area contributed by atoms with Gasteiger partial charge >= 0.3 is 7.12 Å². The van der Waals surface area contributed by atoms with Gasteiger partial charge in [-0.3, -0.25) is 0 Å². The molecule has 68 valence electrons. The summed E-state index contributed by atoms with van der Waals surface area (Å²) in [6.07, 6.45) is 2.39. The smallest absolute Gasteiger partial charge is 0.423 e. The fourth-order valence-corrected chi connectivity index (χ4v) is 1.65. The minimum Gasteiger partial charge on any atom is -0.423 e. The fourth-order valence-electron chi connectivity index (χ4n) is 1.43. The van der Waals surface area contributed by atoms with Crippen LogP contribution >= 0.6 is 11.6 Å². The van der Waals surface area contributed by atoms with Crippen LogP contribution in [0.15, 0.2) is 18.2 Å². The van der Waals surface area contributed by atoms with Gasteiger partial charge in [-0.15, -0.1) is 0 Å². The van der Waals surface area contributed by atoms with Crippen molar-refractivity contribution < 1.29 is 10.0 Å². The van der Waals surface area contributed by atoms with E-state index in [-0.39, 0.29) is 0 Å². The van der Waals surface area contributed by atoms with Gasteiger partial charge in [-0.25, -0.2) is 0 Å². The highest BCUT2D eigenvalue weighted by Crippen LogP contribution is 2.39. The molecule has 0 radical (unpaired) electrons. The maximum Gasteiger partial charge on any atom is 0.489 e. The summed E-state index contributed by atoms with van der Waals surface area (Å²) in [7, 11) is -1.47. The van der Waals surface area contributed by atoms with E-state index in [4.69, 9.17) is 21.6 Å². The first kappa shape index (κ1) is 9.07. The molecule has 0 aromatic heterocycles. The van der Waals surface area contributed by atoms with Crippen molar-refractivity contribution >= 4 is 24.2 Å². The Morgan fingerprint density at radius 3 is 2.54 bits per heavy atom. The fraction of sp³-hybridized carbons (Fsp3) is 0.333. The van der Waals surface area contributed by atoms with Crippen LogP contribution in [0.2, 0.25) is 5.02 Å². The third-order valence-electron chi connectivity index (χ3n) is 2.35. The summed E-state index contributed by atoms with van der Waals surface area (Å²) in [6.45, 7) is 0. The minimum atomic E-state index is -1.47. The topological polar surface area (TPSA) is 40.5 Å². The van der Waals surface area contributed by atoms with Gasteiger partial charge in [0.05, 0.1) is 0 Å². The van der Waals surface area contributed by atoms with Crippen LogP contribution in [0, 0.1) is 0 Å². The maximum absolute atomic E-state index is 9.00. The molecule has 0 bridgehead atoms. The normalized spacial score (nSPS) is 15.9. The second kappa shape index (κ2) is 3.33. The standard InChI is InChI=1S/C9H10BClO2/c11-9-4-3-7(6-1-2-6)5-8(9)10(12)13/h3-6,12-13H,1-2H2. The average molecular weight is 196 g/mol. The van der Waals surface area contributed by atoms with Crippen LogP contribution in [0.3, 0.4) is 0 Å². The quantitative estimate of drug-likeness (QED) is 0.690. The molecule has 1 saturated carbocycles. The van der Waals surface area contributed by atoms with Gasteiger partial charge in [0, 0.05) is 10.5 Å². The predicted octanol–water partition coefficient (Wildman–Crippen LogP) is 0.897. The van der Waals surface area contributed by atoms with Crippen LogP contribution in [0.5, 0.6) is 0 Å². The van der Waals surface area contributed by atoms with Crippen molar-refractivity contribution in [2.45, 2.75) is 18.8 Å². The lowest BCUT2D eigenvalue weighted by Crippen LogP contribution is -2.31. The molecule has 0 amide bonds. The van der Waals surface area contributed by atoms with Crippen LogP contribution in [0.25, 0.3) is 0 Å². The molecular weight excluding hydrogens is 186 g/mol. The number of benzene rings is 1. The van der Waals surface area contributed by atoms with Crippen LogP contribution in [0.1, 0.15) is 24.3 Å². The van der Waals surface area contributed by atoms with Gasteiger partial charge in [0.2, 0.25) is 0 Å². The summed E-state index contributed by atoms with van der Waals surface area (Å²) in [4.78, 5) is 0. The molecule has 2 rings (SSSR count). The molecule has 0 saturated heterocycles. The van der Waals surface area contributed by atoms with Crippen molar-refractivity contribution in [1.29, 1.82) is 0 Å². The zero-order valence-electron chi connectivity index (χ0n) is 7.07. The molecule has 2 nitrogen and oxygen atoms in total. The summed E-state index contributed by atoms with van der Waals surface area (Å²) in [5.41, 5.74) is 1.57. The summed E-state index contributed by atoms with van der Waals surface area (Å²) in [5, 5.41) is 18.4. The van der Waals surface area contributed by atoms with Crippen LogP contribution in [-0.4, -0.2) is 17.2 Å². The minimum absolute atomic E-state index is 0.408. The van der Waals surface area contributed by atoms with E-state index in [1.807, 2.05) is 6.07 Å². The average Bonchev–Trinajstić information content (AvgIpc) is 2.87. The summed E-state index contributed by atoms with van der Waals surface area (Å²) >= 11 is 5.80. The van der Waals surface area contributed by atoms with E-state index in [1.165, 1.54) is 12.8 Å². The van der Waals surface area contributed by atoms with Crippen LogP contribution in [-0.2, 0) is 0 Å². The highest BCUT2D eigenvalue weighted by molar-refractivity contribution is 6.62. The molecule has 1 aromatic carbocycles. The van der Waals surface area contributed by atoms with Gasteiger partial charge in [0.15, 0.2) is 0 Å². The van der Waals surface area contributed by atoms with Crippen LogP contribution in [0.4, 0.5) is 0 Å². The lowest BCUT2D eigenvalue weighted by Gasteiger charge is -2.05. The van der Waals surface area contributed by atoms with E-state index in [0.29, 0.717) is 16.4 Å². The molecular formula is C9H10BClO2. The molecule has 1 fully saturated rings. The van der Waals surface area contributed by atoms with Gasteiger partial charge in [0.25, 0.3) is 0 Å². The summed E-state index contributed by atoms with van der Waals surface area (Å²) in [5.74, 6) is 0.606. The maximum atomic E-state index is 9.00. The van der Waals surface area contributed by atoms with Gasteiger partial charge in [-0.2, -0.15) is 0 Å². The molecule has 0 unspecified atom stereocenters. The van der Waals surface area contributed by atoms with Gasteiger partial charge < -0.3 is 10.0 Å². The second-order valence-corrected chi connectivity index (χ2v) is 3.84. The molecule has 4 heteroatoms. The van der Waals surface area contributed by atoms with E-state index < -0.39 is 7.12 Å². The van der Waals surface area contributed by atoms with Gasteiger partial charge in [-0.1, -0.05) is 23.7 Å². The third-order valence-corrected chi connectivity index (χ3v) is 2.69. The lowest BCUT2D eigenvalue weighted by atomic mass is 9.79. The Labute approximate surface area is 82.3 Å². The largest absolute Gasteiger partial charge is 0.489 e. The molecule has 0 atom stereocenters. The van der Waals surface area contributed by atoms with Crippen molar-refractivity contribution in [3.8, 4) is 0 Å². The zero-order valence-corrected chi connectivity index (χ0v) is 7.83. The summed E-state index contributed by atoms with van der Waals surface area (Å²) < 4.78 is 0. The number of hydrogen-bond acceptors (Lipinski definition) is 2. The zero-order chi connectivity index (χ0) is 9.42. The number of halogens is 1. The number of hydrogen-bond donors (Lipinski definition) is 2. The Morgan fingerprint density at radius 2 is 2.00 bits per heavy atom. The first-order valence-electron chi connectivity index (χ1n) is 4.34. The first-order chi connectivity index (χ1) is 6.18. The highest BCUT2D eigenvalue weighted by atomic mass is 35.5. The SMILES string of the molecule is OB(O)c1cc(C2CC2)ccc1Cl. The molecule has 1 aliphatic carbocycles. The molecule has 0 spiro atoms. The Balaban J connectivity index is 2.36. The lowest BCUT2D eigenvalue weighted by molar-refractivity contribution is 0.426. The van der Waals surface area contributed by atoms with Crippen molar-refractivity contribution in [3.05, 3.63) is 28.8 Å². The predicted molar refractivity (Wildman–Crippen MR) is 53.3 cm³/mol. The van der Waals surface area contributed by atoms with E-state index in [2.05, 4.69) is 0 Å². The first-order valence-corrected chi connectivity index (χ1v) is 4.72. The van der Waals surface area contributed by atoms with E-state index >= 15 is 0 Å². The molecule has 2 N–H and O–H groups in total. The van der Waals surface area contributed by atoms with Crippen molar-refractivity contribution in [2.75, 3.05) is 0 Å². The van der Waals surface area contributed by atoms with Crippen molar-refractivity contribution in [3.63, 3.8) is 0 Å². The van der Waals surface area contributed by atoms with Crippen LogP contribution < -0.4 is 5.46 Å². The van der Waals surface area contributed by atoms with E-state index in [0.717, 1.165) is 5.56 Å². The highest BCUT2D eigenvalue weighted by Gasteiger charge is 2.25. The Hall–Kier alpha value is -0.505. The van der Waals surface area contributed by atoms with Crippen molar-refractivity contribution in [1.82, 2.24) is 0 Å². The number of rotatable bonds is 2. The van der Waals surface area contributed by atoms with E-state index in [1.54, 1.807) is 12.1 Å². The van der Waals surface area contributed by atoms with Gasteiger partial charge in [0.1, 0.15) is 0 Å². The Bertz CT molecular complexity index is 323. The Morgan fingerprint density at radius 1 is 1.31 bits per heavy atom. The monoisotopic (exact) mass is 196 g/mol. The molecule has 0 aliphatic heterocycles. The molecule has 13 heavy (non-hydrogen) atoms. The molecule has 1 aromatic rings. The third kappa shape index (κ3) is 1.88. The van der Waals surface area contributed by atoms with Crippen molar-refractivity contribution in [2.24, 2.45) is 0 Å². The second-order valence-electron chi connectivity index (χ2n) is 3.43. The molecule has 1 aliphatic rings. The summed E-state index contributed by atoms with van der Waals surface area (Å²) in [6, 6.07) is 5.46. The molecule has 0 heterocycles.